The van der Waals surface area contributed by atoms with Crippen molar-refractivity contribution in [1.82, 2.24) is 10.2 Å². The van der Waals surface area contributed by atoms with E-state index in [1.165, 1.54) is 0 Å². The molecule has 1 N–H and O–H groups in total. The highest BCUT2D eigenvalue weighted by molar-refractivity contribution is 5.44. The fourth-order valence-corrected chi connectivity index (χ4v) is 1.95. The molecule has 0 saturated heterocycles. The van der Waals surface area contributed by atoms with Gasteiger partial charge in [-0.25, -0.2) is 0 Å². The lowest BCUT2D eigenvalue weighted by Crippen LogP contribution is -2.05. The third kappa shape index (κ3) is 6.34. The van der Waals surface area contributed by atoms with Gasteiger partial charge in [-0.2, -0.15) is 0 Å². The number of phenols is 1. The van der Waals surface area contributed by atoms with E-state index in [0.29, 0.717) is 30.5 Å². The molecule has 0 atom stereocenters. The van der Waals surface area contributed by atoms with E-state index < -0.39 is 0 Å². The second kappa shape index (κ2) is 10.2. The van der Waals surface area contributed by atoms with E-state index in [1.54, 1.807) is 30.3 Å². The normalized spacial score (nSPS) is 10.0. The third-order valence-electron chi connectivity index (χ3n) is 3.42. The van der Waals surface area contributed by atoms with Gasteiger partial charge >= 0.3 is 0 Å². The first kappa shape index (κ1) is 18.6. The van der Waals surface area contributed by atoms with Gasteiger partial charge in [-0.15, -0.1) is 10.2 Å². The van der Waals surface area contributed by atoms with Gasteiger partial charge in [0.15, 0.2) is 5.75 Å². The first-order chi connectivity index (χ1) is 12.2. The van der Waals surface area contributed by atoms with E-state index in [4.69, 9.17) is 9.47 Å². The van der Waals surface area contributed by atoms with Gasteiger partial charge in [0, 0.05) is 11.6 Å². The molecule has 5 heteroatoms. The molecule has 0 fully saturated rings. The fourth-order valence-electron chi connectivity index (χ4n) is 1.95. The quantitative estimate of drug-likeness (QED) is 0.582. The van der Waals surface area contributed by atoms with Crippen molar-refractivity contribution < 1.29 is 14.6 Å². The number of unbranched alkanes of at least 4 members (excludes halogenated alkanes) is 2. The van der Waals surface area contributed by atoms with E-state index in [2.05, 4.69) is 35.9 Å². The molecule has 132 valence electrons. The van der Waals surface area contributed by atoms with Crippen LogP contribution in [-0.4, -0.2) is 28.5 Å². The second-order valence-electron chi connectivity index (χ2n) is 5.60. The molecule has 0 aliphatic heterocycles. The number of phenolic OH excluding ortho intramolecular Hbond substituents is 1. The van der Waals surface area contributed by atoms with Crippen molar-refractivity contribution in [3.8, 4) is 29.2 Å². The van der Waals surface area contributed by atoms with Crippen LogP contribution < -0.4 is 9.47 Å². The molecular formula is C20H24N2O3. The number of aromatic hydroxyl groups is 1. The summed E-state index contributed by atoms with van der Waals surface area (Å²) in [6.45, 7) is 5.42. The zero-order chi connectivity index (χ0) is 17.9. The van der Waals surface area contributed by atoms with Crippen LogP contribution in [0.2, 0.25) is 0 Å². The monoisotopic (exact) mass is 340 g/mol. The van der Waals surface area contributed by atoms with Gasteiger partial charge in [0.2, 0.25) is 0 Å². The van der Waals surface area contributed by atoms with Crippen LogP contribution >= 0.6 is 0 Å². The number of benzene rings is 1. The first-order valence-corrected chi connectivity index (χ1v) is 8.67. The highest BCUT2D eigenvalue weighted by Gasteiger charge is 2.09. The van der Waals surface area contributed by atoms with E-state index in [9.17, 15) is 5.11 Å². The summed E-state index contributed by atoms with van der Waals surface area (Å²) in [5, 5.41) is 17.5. The highest BCUT2D eigenvalue weighted by Crippen LogP contribution is 2.24. The summed E-state index contributed by atoms with van der Waals surface area (Å²) in [7, 11) is 0. The molecule has 0 aliphatic rings. The van der Waals surface area contributed by atoms with Crippen molar-refractivity contribution in [1.29, 1.82) is 0 Å². The largest absolute Gasteiger partial charge is 0.508 e. The van der Waals surface area contributed by atoms with Crippen LogP contribution in [0.4, 0.5) is 0 Å². The lowest BCUT2D eigenvalue weighted by atomic mass is 10.2. The number of nitrogens with zero attached hydrogens (tertiary/aromatic N) is 2. The predicted octanol–water partition coefficient (Wildman–Crippen LogP) is 3.94. The Balaban J connectivity index is 2.15. The van der Waals surface area contributed by atoms with Gasteiger partial charge in [-0.1, -0.05) is 32.6 Å². The van der Waals surface area contributed by atoms with E-state index >= 15 is 0 Å². The number of aromatic nitrogens is 2. The van der Waals surface area contributed by atoms with Crippen LogP contribution in [0.25, 0.3) is 0 Å². The smallest absolute Gasteiger partial charge is 0.276 e. The lowest BCUT2D eigenvalue weighted by Gasteiger charge is -2.10. The fraction of sp³-hybridized carbons (Fsp3) is 0.400. The second-order valence-corrected chi connectivity index (χ2v) is 5.60. The number of ether oxygens (including phenoxy) is 2. The van der Waals surface area contributed by atoms with Crippen LogP contribution in [0.1, 0.15) is 50.8 Å². The maximum atomic E-state index is 9.30. The van der Waals surface area contributed by atoms with Gasteiger partial charge in [0.25, 0.3) is 5.88 Å². The van der Waals surface area contributed by atoms with Crippen molar-refractivity contribution in [2.45, 2.75) is 39.5 Å². The minimum absolute atomic E-state index is 0.213. The van der Waals surface area contributed by atoms with Crippen molar-refractivity contribution >= 4 is 0 Å². The Kier molecular flexibility index (Phi) is 7.58. The minimum Gasteiger partial charge on any atom is -0.508 e. The lowest BCUT2D eigenvalue weighted by molar-refractivity contribution is 0.250. The molecule has 1 heterocycles. The Morgan fingerprint density at radius 3 is 2.28 bits per heavy atom. The summed E-state index contributed by atoms with van der Waals surface area (Å²) < 4.78 is 11.5. The number of hydrogen-bond acceptors (Lipinski definition) is 5. The van der Waals surface area contributed by atoms with E-state index in [1.807, 2.05) is 0 Å². The van der Waals surface area contributed by atoms with Crippen molar-refractivity contribution in [2.24, 2.45) is 0 Å². The van der Waals surface area contributed by atoms with Crippen LogP contribution in [0.3, 0.4) is 0 Å². The molecule has 2 aromatic rings. The zero-order valence-electron chi connectivity index (χ0n) is 14.8. The summed E-state index contributed by atoms with van der Waals surface area (Å²) in [5.41, 5.74) is 1.30. The van der Waals surface area contributed by atoms with Crippen LogP contribution in [0, 0.1) is 11.8 Å². The summed E-state index contributed by atoms with van der Waals surface area (Å²) in [5.74, 6) is 7.17. The predicted molar refractivity (Wildman–Crippen MR) is 96.9 cm³/mol. The van der Waals surface area contributed by atoms with Gasteiger partial charge in [0.05, 0.1) is 13.2 Å². The zero-order valence-corrected chi connectivity index (χ0v) is 14.8. The molecule has 0 amide bonds. The Morgan fingerprint density at radius 1 is 0.920 bits per heavy atom. The van der Waals surface area contributed by atoms with Crippen molar-refractivity contribution in [2.75, 3.05) is 13.2 Å². The Hall–Kier alpha value is -2.74. The average Bonchev–Trinajstić information content (AvgIpc) is 2.63. The molecule has 1 aromatic carbocycles. The van der Waals surface area contributed by atoms with Gasteiger partial charge in [-0.05, 0) is 43.0 Å². The van der Waals surface area contributed by atoms with Crippen molar-refractivity contribution in [3.05, 3.63) is 41.6 Å². The standard InChI is InChI=1S/C20H24N2O3/c1-3-5-13-24-19-15-17(21-22-20(19)25-14-6-4-2)10-7-16-8-11-18(23)12-9-16/h8-9,11-12,15,23H,3-6,13-14H2,1-2H3. The van der Waals surface area contributed by atoms with E-state index in [-0.39, 0.29) is 5.75 Å². The maximum Gasteiger partial charge on any atom is 0.276 e. The maximum absolute atomic E-state index is 9.30. The van der Waals surface area contributed by atoms with Gasteiger partial charge in [-0.3, -0.25) is 0 Å². The summed E-state index contributed by atoms with van der Waals surface area (Å²) in [6.07, 6.45) is 4.03. The summed E-state index contributed by atoms with van der Waals surface area (Å²) in [4.78, 5) is 0. The SMILES string of the molecule is CCCCOc1cc(C#Cc2ccc(O)cc2)nnc1OCCCC. The minimum atomic E-state index is 0.213. The Bertz CT molecular complexity index is 718. The highest BCUT2D eigenvalue weighted by atomic mass is 16.5. The molecule has 0 radical (unpaired) electrons. The Morgan fingerprint density at radius 2 is 1.60 bits per heavy atom. The van der Waals surface area contributed by atoms with Gasteiger partial charge < -0.3 is 14.6 Å². The molecule has 5 nitrogen and oxygen atoms in total. The molecule has 0 bridgehead atoms. The summed E-state index contributed by atoms with van der Waals surface area (Å²) in [6, 6.07) is 8.45. The van der Waals surface area contributed by atoms with Crippen LogP contribution in [0.5, 0.6) is 17.4 Å². The first-order valence-electron chi connectivity index (χ1n) is 8.67. The molecule has 0 aliphatic carbocycles. The van der Waals surface area contributed by atoms with Gasteiger partial charge in [0.1, 0.15) is 11.4 Å². The van der Waals surface area contributed by atoms with Crippen molar-refractivity contribution in [3.63, 3.8) is 0 Å². The van der Waals surface area contributed by atoms with Crippen LogP contribution in [-0.2, 0) is 0 Å². The third-order valence-corrected chi connectivity index (χ3v) is 3.42. The topological polar surface area (TPSA) is 64.5 Å². The molecule has 0 saturated carbocycles. The average molecular weight is 340 g/mol. The molecular weight excluding hydrogens is 316 g/mol. The van der Waals surface area contributed by atoms with E-state index in [0.717, 1.165) is 31.2 Å². The number of rotatable bonds is 8. The molecule has 25 heavy (non-hydrogen) atoms. The molecule has 1 aromatic heterocycles. The Labute approximate surface area is 149 Å². The summed E-state index contributed by atoms with van der Waals surface area (Å²) >= 11 is 0. The van der Waals surface area contributed by atoms with Crippen LogP contribution in [0.15, 0.2) is 30.3 Å². The number of hydrogen-bond donors (Lipinski definition) is 1. The molecule has 0 unspecified atom stereocenters. The molecule has 0 spiro atoms. The molecule has 2 rings (SSSR count).